The Morgan fingerprint density at radius 1 is 1.13 bits per heavy atom. The zero-order valence-electron chi connectivity index (χ0n) is 18.6. The van der Waals surface area contributed by atoms with Crippen molar-refractivity contribution in [3.05, 3.63) is 36.4 Å². The summed E-state index contributed by atoms with van der Waals surface area (Å²) in [6.07, 6.45) is 6.98. The number of rotatable bonds is 11. The van der Waals surface area contributed by atoms with E-state index in [-0.39, 0.29) is 18.0 Å². The quantitative estimate of drug-likeness (QED) is 0.209. The molecule has 2 atom stereocenters. The van der Waals surface area contributed by atoms with Gasteiger partial charge < -0.3 is 9.26 Å². The summed E-state index contributed by atoms with van der Waals surface area (Å²) in [4.78, 5) is 17.4. The van der Waals surface area contributed by atoms with Crippen LogP contribution in [0.1, 0.15) is 52.4 Å². The molecule has 170 valence electrons. The van der Waals surface area contributed by atoms with Gasteiger partial charge in [-0.1, -0.05) is 68.1 Å². The van der Waals surface area contributed by atoms with Gasteiger partial charge in [-0.2, -0.15) is 0 Å². The van der Waals surface area contributed by atoms with Crippen LogP contribution in [0.15, 0.2) is 41.4 Å². The summed E-state index contributed by atoms with van der Waals surface area (Å²) in [5.74, 6) is -0.0968. The maximum atomic E-state index is 13.7. The summed E-state index contributed by atoms with van der Waals surface area (Å²) >= 11 is 1.44. The van der Waals surface area contributed by atoms with Crippen LogP contribution >= 0.6 is 19.1 Å². The third-order valence-electron chi connectivity index (χ3n) is 5.81. The van der Waals surface area contributed by atoms with Crippen molar-refractivity contribution in [1.82, 2.24) is 4.98 Å². The van der Waals surface area contributed by atoms with Crippen molar-refractivity contribution >= 4 is 36.0 Å². The molecule has 2 unspecified atom stereocenters. The lowest BCUT2D eigenvalue weighted by Crippen LogP contribution is -2.26. The van der Waals surface area contributed by atoms with Gasteiger partial charge >= 0.3 is 5.97 Å². The number of benzene rings is 1. The van der Waals surface area contributed by atoms with Gasteiger partial charge in [0.05, 0.1) is 35.2 Å². The van der Waals surface area contributed by atoms with E-state index in [1.165, 1.54) is 31.0 Å². The molecule has 1 fully saturated rings. The van der Waals surface area contributed by atoms with E-state index >= 15 is 0 Å². The van der Waals surface area contributed by atoms with Crippen LogP contribution in [0.5, 0.6) is 0 Å². The highest BCUT2D eigenvalue weighted by Crippen LogP contribution is 2.53. The molecule has 0 aliphatic heterocycles. The highest BCUT2D eigenvalue weighted by atomic mass is 32.2. The van der Waals surface area contributed by atoms with Crippen LogP contribution in [0.3, 0.4) is 0 Å². The number of fused-ring (bicyclic) bond motifs is 1. The maximum Gasteiger partial charge on any atom is 0.309 e. The predicted molar refractivity (Wildman–Crippen MR) is 128 cm³/mol. The van der Waals surface area contributed by atoms with E-state index in [0.29, 0.717) is 24.6 Å². The van der Waals surface area contributed by atoms with Gasteiger partial charge in [0.2, 0.25) is 7.37 Å². The molecule has 0 spiro atoms. The van der Waals surface area contributed by atoms with Crippen molar-refractivity contribution in [3.63, 3.8) is 0 Å². The molecule has 0 N–H and O–H groups in total. The van der Waals surface area contributed by atoms with E-state index < -0.39 is 7.37 Å². The molecule has 0 saturated heterocycles. The SMILES string of the molecule is CCOC(=O)C(CC1CCCCC1)CP(=O)(CSc1ccc2ccccc2n1)OCC. The summed E-state index contributed by atoms with van der Waals surface area (Å²) in [5.41, 5.74) is 1.23. The molecular formula is C24H34NO4PS. The molecule has 3 rings (SSSR count). The number of nitrogens with zero attached hydrogens (tertiary/aromatic N) is 1. The van der Waals surface area contributed by atoms with Gasteiger partial charge in [0.25, 0.3) is 0 Å². The molecule has 0 bridgehead atoms. The first-order valence-corrected chi connectivity index (χ1v) is 14.4. The van der Waals surface area contributed by atoms with E-state index in [9.17, 15) is 9.36 Å². The summed E-state index contributed by atoms with van der Waals surface area (Å²) in [6.45, 7) is 4.38. The van der Waals surface area contributed by atoms with Gasteiger partial charge in [0.1, 0.15) is 0 Å². The molecule has 7 heteroatoms. The molecule has 1 aliphatic carbocycles. The van der Waals surface area contributed by atoms with E-state index in [0.717, 1.165) is 35.2 Å². The van der Waals surface area contributed by atoms with Crippen LogP contribution in [0.4, 0.5) is 0 Å². The fourth-order valence-corrected chi connectivity index (χ4v) is 8.25. The minimum Gasteiger partial charge on any atom is -0.466 e. The van der Waals surface area contributed by atoms with Crippen molar-refractivity contribution in [1.29, 1.82) is 0 Å². The Balaban J connectivity index is 1.70. The molecule has 1 aromatic heterocycles. The van der Waals surface area contributed by atoms with Crippen LogP contribution in [0.2, 0.25) is 0 Å². The summed E-state index contributed by atoms with van der Waals surface area (Å²) in [6, 6.07) is 11.9. The van der Waals surface area contributed by atoms with Gasteiger partial charge in [-0.05, 0) is 38.3 Å². The number of aromatic nitrogens is 1. The Morgan fingerprint density at radius 2 is 1.90 bits per heavy atom. The molecular weight excluding hydrogens is 429 g/mol. The van der Waals surface area contributed by atoms with Crippen molar-refractivity contribution < 1.29 is 18.6 Å². The molecule has 1 heterocycles. The van der Waals surface area contributed by atoms with Gasteiger partial charge in [0, 0.05) is 11.5 Å². The second-order valence-electron chi connectivity index (χ2n) is 8.22. The second kappa shape index (κ2) is 12.0. The fraction of sp³-hybridized carbons (Fsp3) is 0.583. The van der Waals surface area contributed by atoms with Gasteiger partial charge in [0.15, 0.2) is 0 Å². The third kappa shape index (κ3) is 7.34. The predicted octanol–water partition coefficient (Wildman–Crippen LogP) is 6.75. The minimum absolute atomic E-state index is 0.234. The maximum absolute atomic E-state index is 13.7. The third-order valence-corrected chi connectivity index (χ3v) is 10.1. The lowest BCUT2D eigenvalue weighted by molar-refractivity contribution is -0.148. The first kappa shape index (κ1) is 24.3. The molecule has 31 heavy (non-hydrogen) atoms. The number of esters is 1. The standard InChI is InChI=1S/C24H34NO4PS/c1-3-28-24(26)21(16-19-10-6-5-7-11-19)17-30(27,29-4-2)18-31-23-15-14-20-12-8-9-13-22(20)25-23/h8-9,12-15,19,21H,3-7,10-11,16-18H2,1-2H3. The molecule has 0 radical (unpaired) electrons. The lowest BCUT2D eigenvalue weighted by atomic mass is 9.83. The zero-order valence-corrected chi connectivity index (χ0v) is 20.3. The normalized spacial score (nSPS) is 17.9. The number of ether oxygens (including phenoxy) is 1. The Bertz CT molecular complexity index is 900. The Kier molecular flexibility index (Phi) is 9.43. The molecule has 2 aromatic rings. The van der Waals surface area contributed by atoms with Crippen molar-refractivity contribution in [3.8, 4) is 0 Å². The molecule has 1 saturated carbocycles. The van der Waals surface area contributed by atoms with Crippen LogP contribution in [-0.4, -0.2) is 35.8 Å². The Morgan fingerprint density at radius 3 is 2.65 bits per heavy atom. The zero-order chi connectivity index (χ0) is 22.1. The summed E-state index contributed by atoms with van der Waals surface area (Å²) in [7, 11) is -3.02. The second-order valence-corrected chi connectivity index (χ2v) is 12.2. The molecule has 5 nitrogen and oxygen atoms in total. The van der Waals surface area contributed by atoms with E-state index in [1.54, 1.807) is 0 Å². The van der Waals surface area contributed by atoms with Crippen molar-refractivity contribution in [2.75, 3.05) is 24.9 Å². The molecule has 0 amide bonds. The highest BCUT2D eigenvalue weighted by Gasteiger charge is 2.34. The number of thioether (sulfide) groups is 1. The average Bonchev–Trinajstić information content (AvgIpc) is 2.78. The fourth-order valence-electron chi connectivity index (χ4n) is 4.34. The first-order chi connectivity index (χ1) is 15.0. The van der Waals surface area contributed by atoms with Crippen LogP contribution < -0.4 is 0 Å². The number of carbonyl (C=O) groups excluding carboxylic acids is 1. The monoisotopic (exact) mass is 463 g/mol. The van der Waals surface area contributed by atoms with Gasteiger partial charge in [-0.25, -0.2) is 4.98 Å². The van der Waals surface area contributed by atoms with E-state index in [4.69, 9.17) is 9.26 Å². The summed E-state index contributed by atoms with van der Waals surface area (Å²) < 4.78 is 24.9. The van der Waals surface area contributed by atoms with Gasteiger partial charge in [-0.15, -0.1) is 0 Å². The largest absolute Gasteiger partial charge is 0.466 e. The lowest BCUT2D eigenvalue weighted by Gasteiger charge is -2.28. The number of hydrogen-bond donors (Lipinski definition) is 0. The highest BCUT2D eigenvalue weighted by molar-refractivity contribution is 8.05. The Hall–Kier alpha value is -1.36. The van der Waals surface area contributed by atoms with Crippen molar-refractivity contribution in [2.45, 2.75) is 57.4 Å². The van der Waals surface area contributed by atoms with Gasteiger partial charge in [-0.3, -0.25) is 9.36 Å². The van der Waals surface area contributed by atoms with Crippen LogP contribution in [-0.2, 0) is 18.6 Å². The van der Waals surface area contributed by atoms with E-state index in [1.807, 2.05) is 50.2 Å². The number of carbonyl (C=O) groups is 1. The topological polar surface area (TPSA) is 65.5 Å². The van der Waals surface area contributed by atoms with Crippen LogP contribution in [0.25, 0.3) is 10.9 Å². The van der Waals surface area contributed by atoms with Crippen molar-refractivity contribution in [2.24, 2.45) is 11.8 Å². The average molecular weight is 464 g/mol. The number of pyridine rings is 1. The summed E-state index contributed by atoms with van der Waals surface area (Å²) in [5, 5.41) is 1.90. The number of hydrogen-bond acceptors (Lipinski definition) is 6. The minimum atomic E-state index is -3.02. The molecule has 1 aromatic carbocycles. The van der Waals surface area contributed by atoms with Crippen LogP contribution in [0, 0.1) is 11.8 Å². The molecule has 1 aliphatic rings. The van der Waals surface area contributed by atoms with E-state index in [2.05, 4.69) is 4.98 Å². The Labute approximate surface area is 190 Å². The smallest absolute Gasteiger partial charge is 0.309 e. The first-order valence-electron chi connectivity index (χ1n) is 11.4. The number of para-hydroxylation sites is 1.